The highest BCUT2D eigenvalue weighted by Crippen LogP contribution is 2.24. The van der Waals surface area contributed by atoms with Crippen LogP contribution in [0.2, 0.25) is 0 Å². The minimum atomic E-state index is -0.549. The first-order valence-electron chi connectivity index (χ1n) is 3.94. The van der Waals surface area contributed by atoms with E-state index in [1.165, 1.54) is 18.2 Å². The minimum Gasteiger partial charge on any atom is -0.493 e. The van der Waals surface area contributed by atoms with Crippen LogP contribution in [0.25, 0.3) is 11.1 Å². The van der Waals surface area contributed by atoms with E-state index in [0.717, 1.165) is 0 Å². The van der Waals surface area contributed by atoms with Gasteiger partial charge in [-0.05, 0) is 6.07 Å². The molecule has 0 fully saturated rings. The highest BCUT2D eigenvalue weighted by Gasteiger charge is 2.14. The number of aromatic hydroxyl groups is 1. The summed E-state index contributed by atoms with van der Waals surface area (Å²) in [6.45, 7) is 0. The van der Waals surface area contributed by atoms with E-state index < -0.39 is 11.4 Å². The van der Waals surface area contributed by atoms with Crippen molar-refractivity contribution in [3.05, 3.63) is 40.4 Å². The number of halogens is 1. The van der Waals surface area contributed by atoms with E-state index >= 15 is 0 Å². The van der Waals surface area contributed by atoms with Gasteiger partial charge in [-0.15, -0.1) is 0 Å². The van der Waals surface area contributed by atoms with Gasteiger partial charge in [0.2, 0.25) is 5.88 Å². The second-order valence-corrected chi connectivity index (χ2v) is 2.78. The van der Waals surface area contributed by atoms with Gasteiger partial charge in [-0.25, -0.2) is 4.39 Å². The zero-order chi connectivity index (χ0) is 10.1. The number of aromatic nitrogens is 2. The third-order valence-corrected chi connectivity index (χ3v) is 1.90. The molecule has 1 heterocycles. The molecule has 4 nitrogen and oxygen atoms in total. The van der Waals surface area contributed by atoms with Gasteiger partial charge >= 0.3 is 0 Å². The summed E-state index contributed by atoms with van der Waals surface area (Å²) >= 11 is 0. The van der Waals surface area contributed by atoms with Crippen LogP contribution in [0.5, 0.6) is 5.88 Å². The molecule has 1 aromatic carbocycles. The summed E-state index contributed by atoms with van der Waals surface area (Å²) < 4.78 is 13.2. The van der Waals surface area contributed by atoms with Gasteiger partial charge < -0.3 is 5.11 Å². The molecule has 0 unspecified atom stereocenters. The molecule has 0 bridgehead atoms. The number of nitrogens with one attached hydrogen (secondary N) is 2. The Labute approximate surface area is 78.0 Å². The van der Waals surface area contributed by atoms with Crippen LogP contribution in [0.1, 0.15) is 0 Å². The quantitative estimate of drug-likeness (QED) is 0.638. The van der Waals surface area contributed by atoms with E-state index in [0.29, 0.717) is 0 Å². The fourth-order valence-corrected chi connectivity index (χ4v) is 1.26. The van der Waals surface area contributed by atoms with Crippen LogP contribution in [0.3, 0.4) is 0 Å². The molecule has 0 aliphatic rings. The predicted molar refractivity (Wildman–Crippen MR) is 48.5 cm³/mol. The molecule has 2 aromatic rings. The molecule has 1 aromatic heterocycles. The molecule has 2 rings (SSSR count). The second kappa shape index (κ2) is 3.02. The van der Waals surface area contributed by atoms with Crippen molar-refractivity contribution in [3.63, 3.8) is 0 Å². The molecule has 0 aliphatic heterocycles. The Bertz CT molecular complexity index is 516. The van der Waals surface area contributed by atoms with Gasteiger partial charge in [0.15, 0.2) is 0 Å². The summed E-state index contributed by atoms with van der Waals surface area (Å²) in [7, 11) is 0. The Hall–Kier alpha value is -2.04. The molecule has 3 N–H and O–H groups in total. The molecule has 14 heavy (non-hydrogen) atoms. The molecule has 0 saturated heterocycles. The smallest absolute Gasteiger partial charge is 0.275 e. The number of aromatic amines is 2. The molecule has 0 spiro atoms. The van der Waals surface area contributed by atoms with E-state index in [2.05, 4.69) is 10.2 Å². The van der Waals surface area contributed by atoms with Gasteiger partial charge in [0.1, 0.15) is 11.4 Å². The Kier molecular flexibility index (Phi) is 1.85. The fraction of sp³-hybridized carbons (Fsp3) is 0. The lowest BCUT2D eigenvalue weighted by Gasteiger charge is -1.98. The summed E-state index contributed by atoms with van der Waals surface area (Å²) in [5.74, 6) is -0.909. The van der Waals surface area contributed by atoms with Crippen LogP contribution >= 0.6 is 0 Å². The topological polar surface area (TPSA) is 68.9 Å². The van der Waals surface area contributed by atoms with Crippen LogP contribution in [-0.2, 0) is 0 Å². The van der Waals surface area contributed by atoms with Crippen molar-refractivity contribution in [1.29, 1.82) is 0 Å². The van der Waals surface area contributed by atoms with Crippen molar-refractivity contribution in [2.75, 3.05) is 0 Å². The van der Waals surface area contributed by atoms with Crippen molar-refractivity contribution in [1.82, 2.24) is 10.2 Å². The van der Waals surface area contributed by atoms with Crippen molar-refractivity contribution in [2.24, 2.45) is 0 Å². The first kappa shape index (κ1) is 8.55. The maximum atomic E-state index is 13.2. The lowest BCUT2D eigenvalue weighted by Crippen LogP contribution is -2.02. The molecule has 0 saturated carbocycles. The van der Waals surface area contributed by atoms with E-state index in [1.54, 1.807) is 6.07 Å². The van der Waals surface area contributed by atoms with Crippen LogP contribution < -0.4 is 5.56 Å². The first-order valence-corrected chi connectivity index (χ1v) is 3.94. The highest BCUT2D eigenvalue weighted by atomic mass is 19.1. The SMILES string of the molecule is O=c1[nH][nH]c(O)c1-c1ccccc1F. The third-order valence-electron chi connectivity index (χ3n) is 1.90. The lowest BCUT2D eigenvalue weighted by atomic mass is 10.1. The van der Waals surface area contributed by atoms with Crippen LogP contribution in [-0.4, -0.2) is 15.3 Å². The Morgan fingerprint density at radius 2 is 1.93 bits per heavy atom. The third kappa shape index (κ3) is 1.19. The summed E-state index contributed by atoms with van der Waals surface area (Å²) in [6.07, 6.45) is 0. The average Bonchev–Trinajstić information content (AvgIpc) is 2.48. The summed E-state index contributed by atoms with van der Waals surface area (Å²) in [5, 5.41) is 13.6. The highest BCUT2D eigenvalue weighted by molar-refractivity contribution is 5.67. The summed E-state index contributed by atoms with van der Waals surface area (Å²) in [6, 6.07) is 5.75. The van der Waals surface area contributed by atoms with Gasteiger partial charge in [0.25, 0.3) is 5.56 Å². The van der Waals surface area contributed by atoms with Crippen LogP contribution in [0.15, 0.2) is 29.1 Å². The van der Waals surface area contributed by atoms with Crippen LogP contribution in [0.4, 0.5) is 4.39 Å². The largest absolute Gasteiger partial charge is 0.493 e. The van der Waals surface area contributed by atoms with Crippen molar-refractivity contribution < 1.29 is 9.50 Å². The number of H-pyrrole nitrogens is 2. The van der Waals surface area contributed by atoms with E-state index in [4.69, 9.17) is 0 Å². The standard InChI is InChI=1S/C9H7FN2O2/c10-6-4-2-1-3-5(6)7-8(13)11-12-9(7)14/h1-4H,(H3,11,12,13,14). The summed E-state index contributed by atoms with van der Waals surface area (Å²) in [5.41, 5.74) is -0.553. The van der Waals surface area contributed by atoms with Crippen molar-refractivity contribution in [3.8, 4) is 17.0 Å². The number of rotatable bonds is 1. The van der Waals surface area contributed by atoms with Gasteiger partial charge in [-0.3, -0.25) is 15.0 Å². The molecule has 0 amide bonds. The van der Waals surface area contributed by atoms with E-state index in [9.17, 15) is 14.3 Å². The van der Waals surface area contributed by atoms with Gasteiger partial charge in [-0.2, -0.15) is 0 Å². The zero-order valence-electron chi connectivity index (χ0n) is 7.04. The second-order valence-electron chi connectivity index (χ2n) is 2.78. The predicted octanol–water partition coefficient (Wildman–Crippen LogP) is 1.21. The zero-order valence-corrected chi connectivity index (χ0v) is 7.04. The monoisotopic (exact) mass is 194 g/mol. The maximum Gasteiger partial charge on any atom is 0.275 e. The lowest BCUT2D eigenvalue weighted by molar-refractivity contribution is 0.453. The number of benzene rings is 1. The van der Waals surface area contributed by atoms with E-state index in [-0.39, 0.29) is 17.0 Å². The normalized spacial score (nSPS) is 10.4. The van der Waals surface area contributed by atoms with Gasteiger partial charge in [0.05, 0.1) is 0 Å². The van der Waals surface area contributed by atoms with Crippen LogP contribution in [0, 0.1) is 5.82 Å². The Morgan fingerprint density at radius 1 is 1.21 bits per heavy atom. The molecule has 0 atom stereocenters. The maximum absolute atomic E-state index is 13.2. The Balaban J connectivity index is 2.72. The number of hydrogen-bond donors (Lipinski definition) is 3. The first-order chi connectivity index (χ1) is 6.70. The van der Waals surface area contributed by atoms with Gasteiger partial charge in [0, 0.05) is 5.56 Å². The molecule has 5 heteroatoms. The molecule has 0 aliphatic carbocycles. The fourth-order valence-electron chi connectivity index (χ4n) is 1.26. The van der Waals surface area contributed by atoms with Crippen molar-refractivity contribution in [2.45, 2.75) is 0 Å². The van der Waals surface area contributed by atoms with E-state index in [1.807, 2.05) is 0 Å². The molecular weight excluding hydrogens is 187 g/mol. The minimum absolute atomic E-state index is 0.0764. The Morgan fingerprint density at radius 3 is 2.50 bits per heavy atom. The average molecular weight is 194 g/mol. The summed E-state index contributed by atoms with van der Waals surface area (Å²) in [4.78, 5) is 11.2. The molecule has 0 radical (unpaired) electrons. The molecule has 72 valence electrons. The molecular formula is C9H7FN2O2. The van der Waals surface area contributed by atoms with Crippen molar-refractivity contribution >= 4 is 0 Å². The van der Waals surface area contributed by atoms with Gasteiger partial charge in [-0.1, -0.05) is 18.2 Å². The number of hydrogen-bond acceptors (Lipinski definition) is 2.